The molecular formula is C13H14N. The summed E-state index contributed by atoms with van der Waals surface area (Å²) in [4.78, 5) is 4.56. The molecule has 1 heterocycles. The fourth-order valence-corrected chi connectivity index (χ4v) is 1.49. The van der Waals surface area contributed by atoms with Crippen molar-refractivity contribution in [3.05, 3.63) is 48.5 Å². The van der Waals surface area contributed by atoms with Crippen LogP contribution in [0.5, 0.6) is 0 Å². The smallest absolute Gasteiger partial charge is 0.0705 e. The average Bonchev–Trinajstić information content (AvgIpc) is 2.26. The maximum atomic E-state index is 4.56. The first kappa shape index (κ1) is 9.20. The third kappa shape index (κ3) is 1.92. The monoisotopic (exact) mass is 184 g/mol. The van der Waals surface area contributed by atoms with Crippen LogP contribution < -0.4 is 0 Å². The second-order valence-electron chi connectivity index (χ2n) is 3.42. The molecule has 0 bridgehead atoms. The van der Waals surface area contributed by atoms with Crippen molar-refractivity contribution < 1.29 is 0 Å². The van der Waals surface area contributed by atoms with Gasteiger partial charge in [-0.3, -0.25) is 4.98 Å². The maximum absolute atomic E-state index is 4.56. The van der Waals surface area contributed by atoms with Crippen molar-refractivity contribution in [2.45, 2.75) is 19.8 Å². The SMILES string of the molecule is CCC[CH]c1ccc2ccccc2n1. The average molecular weight is 184 g/mol. The molecule has 71 valence electrons. The third-order valence-corrected chi connectivity index (χ3v) is 2.26. The number of rotatable bonds is 3. The van der Waals surface area contributed by atoms with Gasteiger partial charge in [-0.1, -0.05) is 37.6 Å². The predicted octanol–water partition coefficient (Wildman–Crippen LogP) is 3.59. The molecular weight excluding hydrogens is 170 g/mol. The molecule has 1 aromatic carbocycles. The van der Waals surface area contributed by atoms with Crippen LogP contribution in [0.3, 0.4) is 0 Å². The van der Waals surface area contributed by atoms with Crippen molar-refractivity contribution in [1.29, 1.82) is 0 Å². The van der Waals surface area contributed by atoms with Crippen molar-refractivity contribution in [3.8, 4) is 0 Å². The fourth-order valence-electron chi connectivity index (χ4n) is 1.49. The van der Waals surface area contributed by atoms with Crippen LogP contribution in [0.25, 0.3) is 10.9 Å². The Bertz CT molecular complexity index is 420. The molecule has 0 fully saturated rings. The molecule has 14 heavy (non-hydrogen) atoms. The Balaban J connectivity index is 2.32. The molecule has 0 atom stereocenters. The first-order chi connectivity index (χ1) is 6.90. The van der Waals surface area contributed by atoms with E-state index in [9.17, 15) is 0 Å². The molecule has 1 radical (unpaired) electrons. The largest absolute Gasteiger partial charge is 0.253 e. The maximum Gasteiger partial charge on any atom is 0.0705 e. The van der Waals surface area contributed by atoms with Crippen molar-refractivity contribution in [3.63, 3.8) is 0 Å². The summed E-state index contributed by atoms with van der Waals surface area (Å²) in [6, 6.07) is 12.4. The number of fused-ring (bicyclic) bond motifs is 1. The van der Waals surface area contributed by atoms with Gasteiger partial charge in [0, 0.05) is 17.5 Å². The quantitative estimate of drug-likeness (QED) is 0.710. The van der Waals surface area contributed by atoms with Gasteiger partial charge in [0.15, 0.2) is 0 Å². The number of unbranched alkanes of at least 4 members (excludes halogenated alkanes) is 1. The standard InChI is InChI=1S/C13H14N/c1-2-3-7-12-10-9-11-6-4-5-8-13(11)14-12/h4-10H,2-3H2,1H3. The summed E-state index contributed by atoms with van der Waals surface area (Å²) in [6.07, 6.45) is 4.46. The Labute approximate surface area is 84.8 Å². The lowest BCUT2D eigenvalue weighted by Gasteiger charge is -2.01. The van der Waals surface area contributed by atoms with Crippen LogP contribution in [-0.2, 0) is 0 Å². The van der Waals surface area contributed by atoms with E-state index in [-0.39, 0.29) is 0 Å². The molecule has 2 rings (SSSR count). The van der Waals surface area contributed by atoms with Crippen molar-refractivity contribution in [1.82, 2.24) is 4.98 Å². The van der Waals surface area contributed by atoms with E-state index in [0.717, 1.165) is 17.6 Å². The van der Waals surface area contributed by atoms with Crippen LogP contribution in [0.4, 0.5) is 0 Å². The number of aromatic nitrogens is 1. The van der Waals surface area contributed by atoms with Gasteiger partial charge in [0.25, 0.3) is 0 Å². The molecule has 0 spiro atoms. The van der Waals surface area contributed by atoms with E-state index in [1.807, 2.05) is 12.1 Å². The molecule has 0 saturated carbocycles. The first-order valence-electron chi connectivity index (χ1n) is 5.09. The topological polar surface area (TPSA) is 12.9 Å². The normalized spacial score (nSPS) is 10.6. The Morgan fingerprint density at radius 2 is 2.00 bits per heavy atom. The van der Waals surface area contributed by atoms with Crippen LogP contribution >= 0.6 is 0 Å². The lowest BCUT2D eigenvalue weighted by Crippen LogP contribution is -1.87. The van der Waals surface area contributed by atoms with E-state index in [1.165, 1.54) is 11.8 Å². The highest BCUT2D eigenvalue weighted by atomic mass is 14.7. The second kappa shape index (κ2) is 4.23. The van der Waals surface area contributed by atoms with Crippen molar-refractivity contribution in [2.75, 3.05) is 0 Å². The van der Waals surface area contributed by atoms with Gasteiger partial charge in [-0.25, -0.2) is 0 Å². The van der Waals surface area contributed by atoms with Gasteiger partial charge in [-0.05, 0) is 18.6 Å². The molecule has 1 nitrogen and oxygen atoms in total. The van der Waals surface area contributed by atoms with Gasteiger partial charge < -0.3 is 0 Å². The van der Waals surface area contributed by atoms with Gasteiger partial charge in [-0.15, -0.1) is 0 Å². The molecule has 0 N–H and O–H groups in total. The summed E-state index contributed by atoms with van der Waals surface area (Å²) in [5.74, 6) is 0. The van der Waals surface area contributed by atoms with Gasteiger partial charge >= 0.3 is 0 Å². The zero-order chi connectivity index (χ0) is 9.80. The summed E-state index contributed by atoms with van der Waals surface area (Å²) in [5.41, 5.74) is 2.17. The minimum absolute atomic E-state index is 1.08. The summed E-state index contributed by atoms with van der Waals surface area (Å²) in [7, 11) is 0. The minimum Gasteiger partial charge on any atom is -0.253 e. The van der Waals surface area contributed by atoms with E-state index in [0.29, 0.717) is 0 Å². The summed E-state index contributed by atoms with van der Waals surface area (Å²) in [5, 5.41) is 1.21. The first-order valence-corrected chi connectivity index (χ1v) is 5.09. The third-order valence-electron chi connectivity index (χ3n) is 2.26. The van der Waals surface area contributed by atoms with Gasteiger partial charge in [-0.2, -0.15) is 0 Å². The van der Waals surface area contributed by atoms with E-state index >= 15 is 0 Å². The Kier molecular flexibility index (Phi) is 2.78. The zero-order valence-electron chi connectivity index (χ0n) is 8.40. The van der Waals surface area contributed by atoms with E-state index in [2.05, 4.69) is 42.6 Å². The number of benzene rings is 1. The summed E-state index contributed by atoms with van der Waals surface area (Å²) >= 11 is 0. The number of para-hydroxylation sites is 1. The molecule has 0 aliphatic rings. The molecule has 0 saturated heterocycles. The van der Waals surface area contributed by atoms with Gasteiger partial charge in [0.05, 0.1) is 5.52 Å². The number of hydrogen-bond acceptors (Lipinski definition) is 1. The van der Waals surface area contributed by atoms with Crippen LogP contribution in [0.2, 0.25) is 0 Å². The second-order valence-corrected chi connectivity index (χ2v) is 3.42. The van der Waals surface area contributed by atoms with Crippen LogP contribution in [0, 0.1) is 6.42 Å². The van der Waals surface area contributed by atoms with Gasteiger partial charge in [0.1, 0.15) is 0 Å². The zero-order valence-corrected chi connectivity index (χ0v) is 8.40. The van der Waals surface area contributed by atoms with Crippen LogP contribution in [0.1, 0.15) is 25.5 Å². The predicted molar refractivity (Wildman–Crippen MR) is 60.1 cm³/mol. The molecule has 1 aromatic heterocycles. The highest BCUT2D eigenvalue weighted by Crippen LogP contribution is 2.13. The minimum atomic E-state index is 1.08. The Morgan fingerprint density at radius 1 is 1.14 bits per heavy atom. The lowest BCUT2D eigenvalue weighted by molar-refractivity contribution is 0.903. The molecule has 1 heteroatoms. The van der Waals surface area contributed by atoms with Crippen LogP contribution in [-0.4, -0.2) is 4.98 Å². The number of hydrogen-bond donors (Lipinski definition) is 0. The Morgan fingerprint density at radius 3 is 2.86 bits per heavy atom. The van der Waals surface area contributed by atoms with Crippen molar-refractivity contribution in [2.24, 2.45) is 0 Å². The number of pyridine rings is 1. The molecule has 2 aromatic rings. The highest BCUT2D eigenvalue weighted by molar-refractivity contribution is 5.78. The van der Waals surface area contributed by atoms with Crippen molar-refractivity contribution >= 4 is 10.9 Å². The summed E-state index contributed by atoms with van der Waals surface area (Å²) in [6.45, 7) is 2.18. The molecule has 0 aliphatic carbocycles. The van der Waals surface area contributed by atoms with Crippen LogP contribution in [0.15, 0.2) is 36.4 Å². The Hall–Kier alpha value is -1.37. The van der Waals surface area contributed by atoms with E-state index in [1.54, 1.807) is 0 Å². The lowest BCUT2D eigenvalue weighted by atomic mass is 10.1. The number of nitrogens with zero attached hydrogens (tertiary/aromatic N) is 1. The van der Waals surface area contributed by atoms with E-state index < -0.39 is 0 Å². The fraction of sp³-hybridized carbons (Fsp3) is 0.231. The van der Waals surface area contributed by atoms with E-state index in [4.69, 9.17) is 0 Å². The molecule has 0 unspecified atom stereocenters. The summed E-state index contributed by atoms with van der Waals surface area (Å²) < 4.78 is 0. The molecule has 0 aliphatic heterocycles. The van der Waals surface area contributed by atoms with Gasteiger partial charge in [0.2, 0.25) is 0 Å². The highest BCUT2D eigenvalue weighted by Gasteiger charge is 1.96. The molecule has 0 amide bonds.